The topological polar surface area (TPSA) is 68.1 Å². The van der Waals surface area contributed by atoms with Gasteiger partial charge in [0.15, 0.2) is 11.5 Å². The number of phenols is 1. The summed E-state index contributed by atoms with van der Waals surface area (Å²) in [5.74, 6) is 0.0223. The number of hydrogen-bond donors (Lipinski definition) is 1. The molecule has 0 spiro atoms. The van der Waals surface area contributed by atoms with Crippen LogP contribution in [-0.2, 0) is 4.79 Å². The lowest BCUT2D eigenvalue weighted by Crippen LogP contribution is -2.06. The molecular weight excluding hydrogens is 470 g/mol. The smallest absolute Gasteiger partial charge is 0.336 e. The van der Waals surface area contributed by atoms with Crippen molar-refractivity contribution in [1.29, 1.82) is 0 Å². The number of halogens is 2. The number of carbonyl (C=O) groups excluding carboxylic acids is 1. The highest BCUT2D eigenvalue weighted by Gasteiger charge is 2.14. The summed E-state index contributed by atoms with van der Waals surface area (Å²) in [6.07, 6.45) is 4.56. The number of methoxy groups -OCH3 is 1. The highest BCUT2D eigenvalue weighted by molar-refractivity contribution is 9.10. The molecular formula is C23H17BrClNO4. The summed E-state index contributed by atoms with van der Waals surface area (Å²) >= 11 is 9.68. The van der Waals surface area contributed by atoms with Crippen LogP contribution in [0.3, 0.4) is 0 Å². The van der Waals surface area contributed by atoms with Crippen molar-refractivity contribution < 1.29 is 19.4 Å². The monoisotopic (exact) mass is 485 g/mol. The molecule has 0 atom stereocenters. The molecule has 0 bridgehead atoms. The van der Waals surface area contributed by atoms with Gasteiger partial charge in [-0.15, -0.1) is 0 Å². The van der Waals surface area contributed by atoms with Gasteiger partial charge >= 0.3 is 5.97 Å². The summed E-state index contributed by atoms with van der Waals surface area (Å²) in [5, 5.41) is 9.54. The third-order valence-electron chi connectivity index (χ3n) is 3.95. The zero-order chi connectivity index (χ0) is 21.5. The van der Waals surface area contributed by atoms with Crippen LogP contribution in [0.2, 0.25) is 5.02 Å². The molecule has 1 N–H and O–H groups in total. The van der Waals surface area contributed by atoms with Crippen LogP contribution < -0.4 is 9.47 Å². The van der Waals surface area contributed by atoms with E-state index in [2.05, 4.69) is 20.9 Å². The first kappa shape index (κ1) is 21.6. The lowest BCUT2D eigenvalue weighted by Gasteiger charge is -2.11. The quantitative estimate of drug-likeness (QED) is 0.195. The SMILES string of the molecule is COc1cc(C=Nc2ccc(O)cc2)cc(Cl)c1OC(=O)/C=C/c1ccc(Br)cc1. The van der Waals surface area contributed by atoms with Gasteiger partial charge in [0.25, 0.3) is 0 Å². The summed E-state index contributed by atoms with van der Waals surface area (Å²) in [4.78, 5) is 16.5. The average Bonchev–Trinajstić information content (AvgIpc) is 2.74. The van der Waals surface area contributed by atoms with Crippen LogP contribution in [0.5, 0.6) is 17.2 Å². The molecule has 3 aromatic carbocycles. The van der Waals surface area contributed by atoms with Crippen LogP contribution in [0.15, 0.2) is 76.2 Å². The van der Waals surface area contributed by atoms with Crippen molar-refractivity contribution in [1.82, 2.24) is 0 Å². The molecule has 3 rings (SSSR count). The van der Waals surface area contributed by atoms with Gasteiger partial charge in [0, 0.05) is 16.8 Å². The fourth-order valence-corrected chi connectivity index (χ4v) is 3.00. The summed E-state index contributed by atoms with van der Waals surface area (Å²) in [6.45, 7) is 0. The number of aromatic hydroxyl groups is 1. The van der Waals surface area contributed by atoms with Gasteiger partial charge < -0.3 is 14.6 Å². The molecule has 0 aliphatic rings. The Kier molecular flexibility index (Phi) is 7.27. The van der Waals surface area contributed by atoms with Crippen molar-refractivity contribution in [2.24, 2.45) is 4.99 Å². The normalized spacial score (nSPS) is 11.2. The van der Waals surface area contributed by atoms with Crippen LogP contribution >= 0.6 is 27.5 Å². The zero-order valence-electron chi connectivity index (χ0n) is 15.9. The molecule has 0 fully saturated rings. The lowest BCUT2D eigenvalue weighted by atomic mass is 10.2. The predicted molar refractivity (Wildman–Crippen MR) is 122 cm³/mol. The van der Waals surface area contributed by atoms with E-state index in [0.717, 1.165) is 10.0 Å². The van der Waals surface area contributed by atoms with Crippen molar-refractivity contribution in [2.45, 2.75) is 0 Å². The van der Waals surface area contributed by atoms with Crippen LogP contribution in [0.4, 0.5) is 5.69 Å². The van der Waals surface area contributed by atoms with Crippen LogP contribution in [0.25, 0.3) is 6.08 Å². The Hall–Kier alpha value is -3.09. The van der Waals surface area contributed by atoms with E-state index in [0.29, 0.717) is 17.0 Å². The standard InChI is InChI=1S/C23H17BrClNO4/c1-29-21-13-16(14-26-18-7-9-19(27)10-8-18)12-20(25)23(21)30-22(28)11-4-15-2-5-17(24)6-3-15/h2-14,27H,1H3/b11-4+,26-14?. The predicted octanol–water partition coefficient (Wildman–Crippen LogP) is 6.19. The molecule has 0 heterocycles. The molecule has 30 heavy (non-hydrogen) atoms. The second-order valence-corrected chi connectivity index (χ2v) is 7.44. The zero-order valence-corrected chi connectivity index (χ0v) is 18.2. The maximum absolute atomic E-state index is 12.2. The van der Waals surface area contributed by atoms with Gasteiger partial charge in [-0.3, -0.25) is 4.99 Å². The van der Waals surface area contributed by atoms with Gasteiger partial charge in [-0.25, -0.2) is 4.79 Å². The number of nitrogens with zero attached hydrogens (tertiary/aromatic N) is 1. The number of esters is 1. The Labute approximate surface area is 187 Å². The van der Waals surface area contributed by atoms with Crippen molar-refractivity contribution in [3.8, 4) is 17.2 Å². The van der Waals surface area contributed by atoms with Crippen molar-refractivity contribution in [2.75, 3.05) is 7.11 Å². The number of phenolic OH excluding ortho intramolecular Hbond substituents is 1. The minimum Gasteiger partial charge on any atom is -0.508 e. The second kappa shape index (κ2) is 10.1. The molecule has 0 aromatic heterocycles. The van der Waals surface area contributed by atoms with E-state index < -0.39 is 5.97 Å². The maximum atomic E-state index is 12.2. The summed E-state index contributed by atoms with van der Waals surface area (Å²) in [5.41, 5.74) is 2.18. The van der Waals surface area contributed by atoms with E-state index in [1.165, 1.54) is 13.2 Å². The third-order valence-corrected chi connectivity index (χ3v) is 4.76. The van der Waals surface area contributed by atoms with Crippen LogP contribution in [0, 0.1) is 0 Å². The molecule has 7 heteroatoms. The number of aliphatic imine (C=N–C) groups is 1. The highest BCUT2D eigenvalue weighted by Crippen LogP contribution is 2.36. The van der Waals surface area contributed by atoms with Crippen molar-refractivity contribution >= 4 is 51.5 Å². The van der Waals surface area contributed by atoms with E-state index in [1.807, 2.05) is 24.3 Å². The lowest BCUT2D eigenvalue weighted by molar-refractivity contribution is -0.129. The fourth-order valence-electron chi connectivity index (χ4n) is 2.47. The van der Waals surface area contributed by atoms with E-state index in [4.69, 9.17) is 21.1 Å². The summed E-state index contributed by atoms with van der Waals surface area (Å²) in [6, 6.07) is 17.2. The van der Waals surface area contributed by atoms with Gasteiger partial charge in [0.2, 0.25) is 0 Å². The minimum absolute atomic E-state index is 0.131. The van der Waals surface area contributed by atoms with E-state index >= 15 is 0 Å². The minimum atomic E-state index is -0.580. The van der Waals surface area contributed by atoms with E-state index in [1.54, 1.807) is 48.7 Å². The van der Waals surface area contributed by atoms with E-state index in [9.17, 15) is 9.90 Å². The van der Waals surface area contributed by atoms with Crippen molar-refractivity contribution in [3.05, 3.63) is 87.4 Å². The fraction of sp³-hybridized carbons (Fsp3) is 0.0435. The number of benzene rings is 3. The molecule has 0 saturated heterocycles. The molecule has 0 unspecified atom stereocenters. The molecule has 0 radical (unpaired) electrons. The first-order chi connectivity index (χ1) is 14.4. The Balaban J connectivity index is 1.75. The van der Waals surface area contributed by atoms with Gasteiger partial charge in [-0.2, -0.15) is 0 Å². The third kappa shape index (κ3) is 5.95. The molecule has 5 nitrogen and oxygen atoms in total. The second-order valence-electron chi connectivity index (χ2n) is 6.11. The summed E-state index contributed by atoms with van der Waals surface area (Å²) < 4.78 is 11.7. The molecule has 0 saturated carbocycles. The van der Waals surface area contributed by atoms with Crippen LogP contribution in [0.1, 0.15) is 11.1 Å². The van der Waals surface area contributed by atoms with Gasteiger partial charge in [-0.05, 0) is 65.7 Å². The van der Waals surface area contributed by atoms with Crippen molar-refractivity contribution in [3.63, 3.8) is 0 Å². The number of rotatable bonds is 6. The first-order valence-corrected chi connectivity index (χ1v) is 9.98. The maximum Gasteiger partial charge on any atom is 0.336 e. The largest absolute Gasteiger partial charge is 0.508 e. The molecule has 0 aliphatic carbocycles. The first-order valence-electron chi connectivity index (χ1n) is 8.80. The summed E-state index contributed by atoms with van der Waals surface area (Å²) in [7, 11) is 1.46. The number of ether oxygens (including phenoxy) is 2. The average molecular weight is 487 g/mol. The Morgan fingerprint density at radius 2 is 1.77 bits per heavy atom. The van der Waals surface area contributed by atoms with Crippen LogP contribution in [-0.4, -0.2) is 24.4 Å². The number of hydrogen-bond acceptors (Lipinski definition) is 5. The molecule has 152 valence electrons. The Morgan fingerprint density at radius 3 is 2.43 bits per heavy atom. The Bertz CT molecular complexity index is 1090. The van der Waals surface area contributed by atoms with E-state index in [-0.39, 0.29) is 16.5 Å². The highest BCUT2D eigenvalue weighted by atomic mass is 79.9. The number of carbonyl (C=O) groups is 1. The molecule has 3 aromatic rings. The van der Waals surface area contributed by atoms with Gasteiger partial charge in [0.1, 0.15) is 5.75 Å². The Morgan fingerprint density at radius 1 is 1.07 bits per heavy atom. The molecule has 0 amide bonds. The molecule has 0 aliphatic heterocycles. The van der Waals surface area contributed by atoms with Gasteiger partial charge in [0.05, 0.1) is 17.8 Å². The van der Waals surface area contributed by atoms with Gasteiger partial charge in [-0.1, -0.05) is 39.7 Å².